The molecule has 0 aliphatic heterocycles. The Kier molecular flexibility index (Phi) is 19.9. The number of hydrogen-bond donors (Lipinski definition) is 2. The number of nitrogen functional groups attached to an aromatic ring is 2. The van der Waals surface area contributed by atoms with E-state index in [4.69, 9.17) is 29.2 Å². The van der Waals surface area contributed by atoms with Gasteiger partial charge >= 0.3 is 0 Å². The Morgan fingerprint density at radius 3 is 0.968 bits per heavy atom. The van der Waals surface area contributed by atoms with E-state index in [1.807, 2.05) is 12.4 Å². The van der Waals surface area contributed by atoms with Crippen molar-refractivity contribution in [1.29, 1.82) is 0 Å². The summed E-state index contributed by atoms with van der Waals surface area (Å²) in [5.41, 5.74) is 16.6. The minimum atomic E-state index is -1.94. The predicted molar refractivity (Wildman–Crippen MR) is 281 cm³/mol. The fraction of sp³-hybridized carbons (Fsp3) is 0.800. The molecule has 0 radical (unpaired) electrons. The Hall–Kier alpha value is -1.39. The highest BCUT2D eigenvalue weighted by atomic mass is 28.4. The Labute approximate surface area is 388 Å². The molecular weight excluding hydrogens is 833 g/mol. The van der Waals surface area contributed by atoms with E-state index in [9.17, 15) is 0 Å². The van der Waals surface area contributed by atoms with Crippen LogP contribution in [0.5, 0.6) is 0 Å². The number of aromatic nitrogens is 2. The van der Waals surface area contributed by atoms with Crippen molar-refractivity contribution in [2.24, 2.45) is 11.8 Å². The first kappa shape index (κ1) is 58.6. The molecule has 2 aliphatic carbocycles. The van der Waals surface area contributed by atoms with Crippen LogP contribution in [0.1, 0.15) is 160 Å². The maximum absolute atomic E-state index is 7.06. The van der Waals surface area contributed by atoms with Gasteiger partial charge in [-0.25, -0.2) is 0 Å². The average molecular weight is 934 g/mol. The lowest BCUT2D eigenvalue weighted by Crippen LogP contribution is -2.55. The first-order valence-corrected chi connectivity index (χ1v) is 34.7. The summed E-state index contributed by atoms with van der Waals surface area (Å²) in [6.45, 7) is 51.3. The smallest absolute Gasteiger partial charge is 0.192 e. The van der Waals surface area contributed by atoms with Gasteiger partial charge in [-0.2, -0.15) is 0 Å². The zero-order chi connectivity index (χ0) is 46.2. The van der Waals surface area contributed by atoms with Crippen LogP contribution in [0.3, 0.4) is 0 Å². The van der Waals surface area contributed by atoms with E-state index in [0.717, 1.165) is 37.1 Å². The van der Waals surface area contributed by atoms with Gasteiger partial charge in [0.05, 0.1) is 48.2 Å². The lowest BCUT2D eigenvalue weighted by atomic mass is 9.75. The molecule has 360 valence electrons. The maximum Gasteiger partial charge on any atom is 0.192 e. The molecule has 2 fully saturated rings. The molecule has 0 bridgehead atoms. The third-order valence-electron chi connectivity index (χ3n) is 15.8. The van der Waals surface area contributed by atoms with Crippen molar-refractivity contribution in [2.75, 3.05) is 11.5 Å². The van der Waals surface area contributed by atoms with Crippen LogP contribution in [0, 0.1) is 11.8 Å². The molecular formula is C50H100N4O4Si4. The number of nitrogens with two attached hydrogens (primary N) is 2. The van der Waals surface area contributed by atoms with Crippen molar-refractivity contribution in [3.8, 4) is 0 Å². The fourth-order valence-corrected chi connectivity index (χ4v) is 13.3. The van der Waals surface area contributed by atoms with Crippen molar-refractivity contribution < 1.29 is 17.7 Å². The van der Waals surface area contributed by atoms with E-state index in [0.29, 0.717) is 23.7 Å². The quantitative estimate of drug-likeness (QED) is 0.226. The molecule has 0 saturated heterocycles. The number of rotatable bonds is 10. The Bertz CT molecular complexity index is 1570. The molecule has 8 nitrogen and oxygen atoms in total. The Balaban J connectivity index is 0.000000601. The van der Waals surface area contributed by atoms with Crippen LogP contribution in [-0.4, -0.2) is 67.7 Å². The van der Waals surface area contributed by atoms with Crippen LogP contribution in [0.2, 0.25) is 72.5 Å². The summed E-state index contributed by atoms with van der Waals surface area (Å²) < 4.78 is 28.2. The minimum Gasteiger partial charge on any atom is -0.411 e. The van der Waals surface area contributed by atoms with Gasteiger partial charge in [-0.15, -0.1) is 0 Å². The van der Waals surface area contributed by atoms with E-state index in [2.05, 4.69) is 171 Å². The molecule has 2 heterocycles. The Morgan fingerprint density at radius 2 is 0.726 bits per heavy atom. The van der Waals surface area contributed by atoms with Crippen LogP contribution in [0.4, 0.5) is 11.4 Å². The van der Waals surface area contributed by atoms with Gasteiger partial charge in [0.15, 0.2) is 33.3 Å². The van der Waals surface area contributed by atoms with Gasteiger partial charge in [0.25, 0.3) is 0 Å². The van der Waals surface area contributed by atoms with Gasteiger partial charge in [-0.1, -0.05) is 112 Å². The van der Waals surface area contributed by atoms with Gasteiger partial charge in [-0.05, 0) is 145 Å². The van der Waals surface area contributed by atoms with Crippen LogP contribution >= 0.6 is 0 Å². The van der Waals surface area contributed by atoms with Crippen molar-refractivity contribution in [3.63, 3.8) is 0 Å². The zero-order valence-electron chi connectivity index (χ0n) is 42.6. The SMILES string of the molecule is C.C.C[C@@H]1C[C@@H](c2ccncc2N)C[C@H](O[Si](C)(C)C(C)(C)C)[C@H]1O[Si](C)(C)C(C)(C)C.C[C@H]1C[C@H](c2ccncc2N)C[C@H](O[Si](C)(C)C(C)(C)C)[C@@H]1O[Si](C)(C)C(C)(C)C. The molecule has 0 unspecified atom stereocenters. The van der Waals surface area contributed by atoms with E-state index in [-0.39, 0.29) is 59.4 Å². The standard InChI is InChI=1S/2C24H46N2O2Si2.2CH4/c2*1-17-14-18(19-12-13-26-16-20(19)25)15-21(27-29(8,9)23(2,3)4)22(17)28-30(10,11)24(5,6)7;;/h2*12-13,16-18,21-22H,14-15,25H2,1-11H3;2*1H4/t17-,18-,21+,22+;17-,18-,21-,22+;;/m10../s1. The number of hydrogen-bond acceptors (Lipinski definition) is 8. The summed E-state index contributed by atoms with van der Waals surface area (Å²) in [5, 5.41) is 0.696. The second-order valence-corrected chi connectivity index (χ2v) is 43.8. The topological polar surface area (TPSA) is 115 Å². The molecule has 62 heavy (non-hydrogen) atoms. The number of pyridine rings is 2. The lowest BCUT2D eigenvalue weighted by molar-refractivity contribution is -0.0305. The summed E-state index contributed by atoms with van der Waals surface area (Å²) in [6, 6.07) is 4.18. The minimum absolute atomic E-state index is 0. The summed E-state index contributed by atoms with van der Waals surface area (Å²) in [6.07, 6.45) is 11.8. The van der Waals surface area contributed by atoms with E-state index in [1.165, 1.54) is 11.1 Å². The van der Waals surface area contributed by atoms with Gasteiger partial charge in [-0.3, -0.25) is 9.97 Å². The molecule has 0 aromatic carbocycles. The zero-order valence-corrected chi connectivity index (χ0v) is 46.6. The highest BCUT2D eigenvalue weighted by molar-refractivity contribution is 6.75. The van der Waals surface area contributed by atoms with E-state index < -0.39 is 33.3 Å². The van der Waals surface area contributed by atoms with Crippen LogP contribution in [0.15, 0.2) is 36.9 Å². The van der Waals surface area contributed by atoms with E-state index in [1.54, 1.807) is 12.4 Å². The third-order valence-corrected chi connectivity index (χ3v) is 33.8. The lowest BCUT2D eigenvalue weighted by Gasteiger charge is -2.50. The first-order valence-electron chi connectivity index (χ1n) is 23.0. The normalized spacial score (nSPS) is 25.8. The second kappa shape index (κ2) is 21.1. The largest absolute Gasteiger partial charge is 0.411 e. The molecule has 0 spiro atoms. The molecule has 0 amide bonds. The fourth-order valence-electron chi connectivity index (χ4n) is 7.77. The second-order valence-electron chi connectivity index (χ2n) is 24.8. The van der Waals surface area contributed by atoms with Crippen molar-refractivity contribution in [3.05, 3.63) is 48.0 Å². The highest BCUT2D eigenvalue weighted by Crippen LogP contribution is 2.49. The van der Waals surface area contributed by atoms with Crippen molar-refractivity contribution in [2.45, 2.75) is 246 Å². The monoisotopic (exact) mass is 933 g/mol. The van der Waals surface area contributed by atoms with E-state index >= 15 is 0 Å². The highest BCUT2D eigenvalue weighted by Gasteiger charge is 2.50. The Morgan fingerprint density at radius 1 is 0.468 bits per heavy atom. The summed E-state index contributed by atoms with van der Waals surface area (Å²) in [7, 11) is -7.69. The number of anilines is 2. The van der Waals surface area contributed by atoms with Crippen molar-refractivity contribution >= 4 is 44.6 Å². The van der Waals surface area contributed by atoms with Crippen LogP contribution in [0.25, 0.3) is 0 Å². The summed E-state index contributed by atoms with van der Waals surface area (Å²) in [4.78, 5) is 8.38. The van der Waals surface area contributed by atoms with Gasteiger partial charge < -0.3 is 29.2 Å². The molecule has 4 N–H and O–H groups in total. The van der Waals surface area contributed by atoms with Crippen molar-refractivity contribution in [1.82, 2.24) is 9.97 Å². The summed E-state index contributed by atoms with van der Waals surface area (Å²) in [5.74, 6) is 1.61. The van der Waals surface area contributed by atoms with Crippen LogP contribution < -0.4 is 11.5 Å². The molecule has 2 saturated carbocycles. The summed E-state index contributed by atoms with van der Waals surface area (Å²) >= 11 is 0. The number of nitrogens with zero attached hydrogens (tertiary/aromatic N) is 2. The third kappa shape index (κ3) is 14.3. The maximum atomic E-state index is 7.06. The molecule has 2 aromatic heterocycles. The first-order chi connectivity index (χ1) is 26.9. The molecule has 2 aromatic rings. The van der Waals surface area contributed by atoms with Gasteiger partial charge in [0, 0.05) is 12.4 Å². The molecule has 2 aliphatic rings. The average Bonchev–Trinajstić information content (AvgIpc) is 3.06. The molecule has 4 rings (SSSR count). The van der Waals surface area contributed by atoms with Gasteiger partial charge in [0.1, 0.15) is 0 Å². The molecule has 8 atom stereocenters. The van der Waals surface area contributed by atoms with Crippen LogP contribution in [-0.2, 0) is 17.7 Å². The van der Waals surface area contributed by atoms with Gasteiger partial charge in [0.2, 0.25) is 0 Å². The molecule has 12 heteroatoms. The predicted octanol–water partition coefficient (Wildman–Crippen LogP) is 15.2.